The molecule has 2 fully saturated rings. The van der Waals surface area contributed by atoms with Crippen LogP contribution in [0.3, 0.4) is 0 Å². The second-order valence-corrected chi connectivity index (χ2v) is 6.55. The number of hydrogen-bond donors (Lipinski definition) is 1. The van der Waals surface area contributed by atoms with Crippen LogP contribution in [0.1, 0.15) is 52.9 Å². The third kappa shape index (κ3) is 2.85. The van der Waals surface area contributed by atoms with Crippen LogP contribution in [-0.2, 0) is 4.79 Å². The van der Waals surface area contributed by atoms with Crippen molar-refractivity contribution in [2.24, 2.45) is 5.92 Å². The Bertz CT molecular complexity index is 346. The molecule has 0 radical (unpaired) electrons. The number of carbonyl (C=O) groups excluding carboxylic acids is 2. The Hall–Kier alpha value is -1.06. The van der Waals surface area contributed by atoms with E-state index in [-0.39, 0.29) is 23.5 Å². The molecule has 1 heterocycles. The summed E-state index contributed by atoms with van der Waals surface area (Å²) in [7, 11) is 0. The summed E-state index contributed by atoms with van der Waals surface area (Å²) in [6.45, 7) is 6.74. The fourth-order valence-corrected chi connectivity index (χ4v) is 3.11. The SMILES string of the molecule is CC(C)(C)NC(=O)N1CCCC1C1CCCC1=O. The number of carbonyl (C=O) groups is 2. The molecule has 0 aromatic carbocycles. The van der Waals surface area contributed by atoms with Gasteiger partial charge in [0.15, 0.2) is 0 Å². The normalized spacial score (nSPS) is 28.8. The van der Waals surface area contributed by atoms with Crippen LogP contribution < -0.4 is 5.32 Å². The van der Waals surface area contributed by atoms with Gasteiger partial charge < -0.3 is 10.2 Å². The molecule has 1 aliphatic carbocycles. The number of nitrogens with zero attached hydrogens (tertiary/aromatic N) is 1. The van der Waals surface area contributed by atoms with Crippen molar-refractivity contribution in [3.8, 4) is 0 Å². The monoisotopic (exact) mass is 252 g/mol. The molecule has 2 amide bonds. The van der Waals surface area contributed by atoms with Crippen molar-refractivity contribution in [2.45, 2.75) is 64.5 Å². The topological polar surface area (TPSA) is 49.4 Å². The molecule has 4 heteroatoms. The number of ketones is 1. The van der Waals surface area contributed by atoms with E-state index in [9.17, 15) is 9.59 Å². The lowest BCUT2D eigenvalue weighted by molar-refractivity contribution is -0.121. The molecule has 0 spiro atoms. The van der Waals surface area contributed by atoms with Gasteiger partial charge in [-0.05, 0) is 46.5 Å². The van der Waals surface area contributed by atoms with E-state index in [0.717, 1.165) is 32.2 Å². The fraction of sp³-hybridized carbons (Fsp3) is 0.857. The van der Waals surface area contributed by atoms with Crippen molar-refractivity contribution >= 4 is 11.8 Å². The highest BCUT2D eigenvalue weighted by Gasteiger charge is 2.40. The number of rotatable bonds is 1. The van der Waals surface area contributed by atoms with E-state index in [2.05, 4.69) is 5.32 Å². The molecule has 1 aliphatic heterocycles. The van der Waals surface area contributed by atoms with E-state index in [1.54, 1.807) is 0 Å². The Morgan fingerprint density at radius 2 is 2.00 bits per heavy atom. The number of nitrogens with one attached hydrogen (secondary N) is 1. The summed E-state index contributed by atoms with van der Waals surface area (Å²) in [5.74, 6) is 0.452. The zero-order valence-electron chi connectivity index (χ0n) is 11.7. The summed E-state index contributed by atoms with van der Waals surface area (Å²) < 4.78 is 0. The van der Waals surface area contributed by atoms with Crippen molar-refractivity contribution in [2.75, 3.05) is 6.54 Å². The van der Waals surface area contributed by atoms with Gasteiger partial charge in [0, 0.05) is 30.5 Å². The summed E-state index contributed by atoms with van der Waals surface area (Å²) >= 11 is 0. The molecule has 0 aromatic rings. The molecular formula is C14H24N2O2. The first kappa shape index (κ1) is 13.4. The van der Waals surface area contributed by atoms with E-state index in [0.29, 0.717) is 12.2 Å². The highest BCUT2D eigenvalue weighted by molar-refractivity contribution is 5.85. The molecule has 0 bridgehead atoms. The average molecular weight is 252 g/mol. The second-order valence-electron chi connectivity index (χ2n) is 6.55. The van der Waals surface area contributed by atoms with Gasteiger partial charge in [0.25, 0.3) is 0 Å². The molecule has 1 saturated heterocycles. The van der Waals surface area contributed by atoms with Crippen molar-refractivity contribution in [1.82, 2.24) is 10.2 Å². The van der Waals surface area contributed by atoms with E-state index < -0.39 is 0 Å². The second kappa shape index (κ2) is 4.90. The maximum absolute atomic E-state index is 12.2. The van der Waals surface area contributed by atoms with Crippen LogP contribution >= 0.6 is 0 Å². The van der Waals surface area contributed by atoms with Gasteiger partial charge >= 0.3 is 6.03 Å². The molecule has 18 heavy (non-hydrogen) atoms. The third-order valence-corrected chi connectivity index (χ3v) is 3.86. The molecule has 4 nitrogen and oxygen atoms in total. The van der Waals surface area contributed by atoms with E-state index >= 15 is 0 Å². The molecule has 2 atom stereocenters. The van der Waals surface area contributed by atoms with Gasteiger partial charge in [-0.15, -0.1) is 0 Å². The number of urea groups is 1. The van der Waals surface area contributed by atoms with Crippen LogP contribution in [0.4, 0.5) is 4.79 Å². The Balaban J connectivity index is 2.03. The third-order valence-electron chi connectivity index (χ3n) is 3.86. The quantitative estimate of drug-likeness (QED) is 0.778. The summed E-state index contributed by atoms with van der Waals surface area (Å²) in [5, 5.41) is 3.01. The molecular weight excluding hydrogens is 228 g/mol. The molecule has 1 N–H and O–H groups in total. The minimum absolute atomic E-state index is 0.00954. The van der Waals surface area contributed by atoms with Crippen molar-refractivity contribution in [1.29, 1.82) is 0 Å². The number of hydrogen-bond acceptors (Lipinski definition) is 2. The highest BCUT2D eigenvalue weighted by Crippen LogP contribution is 2.33. The minimum atomic E-state index is -0.218. The van der Waals surface area contributed by atoms with Gasteiger partial charge in [0.2, 0.25) is 0 Å². The maximum atomic E-state index is 12.2. The van der Waals surface area contributed by atoms with Crippen LogP contribution in [-0.4, -0.2) is 34.8 Å². The van der Waals surface area contributed by atoms with Crippen molar-refractivity contribution in [3.63, 3.8) is 0 Å². The van der Waals surface area contributed by atoms with Gasteiger partial charge in [-0.2, -0.15) is 0 Å². The first-order chi connectivity index (χ1) is 8.38. The lowest BCUT2D eigenvalue weighted by Gasteiger charge is -2.32. The Morgan fingerprint density at radius 1 is 1.28 bits per heavy atom. The van der Waals surface area contributed by atoms with Crippen molar-refractivity contribution in [3.05, 3.63) is 0 Å². The average Bonchev–Trinajstić information content (AvgIpc) is 2.82. The summed E-state index contributed by atoms with van der Waals surface area (Å²) in [5.41, 5.74) is -0.218. The highest BCUT2D eigenvalue weighted by atomic mass is 16.2. The predicted octanol–water partition coefficient (Wildman–Crippen LogP) is 2.33. The van der Waals surface area contributed by atoms with Crippen LogP contribution in [0.5, 0.6) is 0 Å². The first-order valence-electron chi connectivity index (χ1n) is 7.00. The Labute approximate surface area is 109 Å². The molecule has 102 valence electrons. The van der Waals surface area contributed by atoms with Gasteiger partial charge in [0.1, 0.15) is 5.78 Å². The summed E-state index contributed by atoms with van der Waals surface area (Å²) in [6.07, 6.45) is 4.66. The molecule has 0 aromatic heterocycles. The number of amides is 2. The lowest BCUT2D eigenvalue weighted by Crippen LogP contribution is -2.51. The number of Topliss-reactive ketones (excluding diaryl/α,β-unsaturated/α-hetero) is 1. The van der Waals surface area contributed by atoms with Gasteiger partial charge in [-0.1, -0.05) is 0 Å². The molecule has 1 saturated carbocycles. The predicted molar refractivity (Wildman–Crippen MR) is 70.4 cm³/mol. The molecule has 2 rings (SSSR count). The zero-order valence-corrected chi connectivity index (χ0v) is 11.7. The smallest absolute Gasteiger partial charge is 0.318 e. The summed E-state index contributed by atoms with van der Waals surface area (Å²) in [6, 6.07) is 0.132. The fourth-order valence-electron chi connectivity index (χ4n) is 3.11. The van der Waals surface area contributed by atoms with Gasteiger partial charge in [0.05, 0.1) is 0 Å². The standard InChI is InChI=1S/C14H24N2O2/c1-14(2,3)15-13(18)16-9-5-7-11(16)10-6-4-8-12(10)17/h10-11H,4-9H2,1-3H3,(H,15,18). The molecule has 2 aliphatic rings. The first-order valence-corrected chi connectivity index (χ1v) is 7.00. The van der Waals surface area contributed by atoms with Crippen LogP contribution in [0.2, 0.25) is 0 Å². The Morgan fingerprint density at radius 3 is 2.56 bits per heavy atom. The lowest BCUT2D eigenvalue weighted by atomic mass is 9.95. The van der Waals surface area contributed by atoms with E-state index in [1.165, 1.54) is 0 Å². The van der Waals surface area contributed by atoms with Gasteiger partial charge in [-0.25, -0.2) is 4.79 Å². The minimum Gasteiger partial charge on any atom is -0.333 e. The van der Waals surface area contributed by atoms with E-state index in [4.69, 9.17) is 0 Å². The Kier molecular flexibility index (Phi) is 3.64. The van der Waals surface area contributed by atoms with Crippen LogP contribution in [0.15, 0.2) is 0 Å². The largest absolute Gasteiger partial charge is 0.333 e. The summed E-state index contributed by atoms with van der Waals surface area (Å²) in [4.78, 5) is 26.0. The van der Waals surface area contributed by atoms with Crippen LogP contribution in [0.25, 0.3) is 0 Å². The zero-order chi connectivity index (χ0) is 13.3. The number of likely N-dealkylation sites (tertiary alicyclic amines) is 1. The van der Waals surface area contributed by atoms with E-state index in [1.807, 2.05) is 25.7 Å². The van der Waals surface area contributed by atoms with Crippen molar-refractivity contribution < 1.29 is 9.59 Å². The van der Waals surface area contributed by atoms with Gasteiger partial charge in [-0.3, -0.25) is 4.79 Å². The molecule has 2 unspecified atom stereocenters. The van der Waals surface area contributed by atoms with Crippen LogP contribution in [0, 0.1) is 5.92 Å². The maximum Gasteiger partial charge on any atom is 0.318 e.